The molecule has 0 aromatic rings. The van der Waals surface area contributed by atoms with Crippen LogP contribution in [0.1, 0.15) is 71.6 Å². The maximum atomic E-state index is 12.0. The van der Waals surface area contributed by atoms with E-state index in [1.165, 1.54) is 6.92 Å². The van der Waals surface area contributed by atoms with Crippen molar-refractivity contribution in [2.24, 2.45) is 0 Å². The Morgan fingerprint density at radius 1 is 0.878 bits per heavy atom. The van der Waals surface area contributed by atoms with Gasteiger partial charge in [-0.05, 0) is 58.3 Å². The van der Waals surface area contributed by atoms with Crippen molar-refractivity contribution in [1.29, 1.82) is 0 Å². The second-order valence-corrected chi connectivity index (χ2v) is 12.2. The van der Waals surface area contributed by atoms with Gasteiger partial charge in [-0.1, -0.05) is 48.6 Å². The maximum Gasteiger partial charge on any atom is 0.305 e. The van der Waals surface area contributed by atoms with Crippen LogP contribution in [0.25, 0.3) is 0 Å². The largest absolute Gasteiger partial charge is 0.756 e. The van der Waals surface area contributed by atoms with Crippen LogP contribution in [0.15, 0.2) is 48.6 Å². The van der Waals surface area contributed by atoms with E-state index in [-0.39, 0.29) is 25.7 Å². The lowest BCUT2D eigenvalue weighted by Gasteiger charge is -2.28. The molecule has 1 unspecified atom stereocenters. The number of nitrogens with zero attached hydrogens (tertiary/aromatic N) is 1. The molecule has 1 N–H and O–H groups in total. The van der Waals surface area contributed by atoms with Crippen molar-refractivity contribution in [3.05, 3.63) is 48.6 Å². The number of esters is 2. The number of phosphoric ester groups is 1. The normalized spacial score (nSPS) is 15.6. The summed E-state index contributed by atoms with van der Waals surface area (Å²) in [5.41, 5.74) is 0. The second-order valence-electron chi connectivity index (χ2n) is 10.8. The number of aliphatic hydroxyl groups excluding tert-OH is 1. The Hall–Kier alpha value is -2.07. The van der Waals surface area contributed by atoms with E-state index < -0.39 is 32.5 Å². The van der Waals surface area contributed by atoms with Crippen molar-refractivity contribution < 1.29 is 47.2 Å². The summed E-state index contributed by atoms with van der Waals surface area (Å²) < 4.78 is 32.2. The van der Waals surface area contributed by atoms with Crippen LogP contribution < -0.4 is 4.89 Å². The number of likely N-dealkylation sites (N-methyl/N-ethyl adjacent to an activating group) is 1. The highest BCUT2D eigenvalue weighted by molar-refractivity contribution is 7.45. The van der Waals surface area contributed by atoms with E-state index in [2.05, 4.69) is 36.5 Å². The summed E-state index contributed by atoms with van der Waals surface area (Å²) in [6.45, 7) is 2.57. The van der Waals surface area contributed by atoms with E-state index in [1.807, 2.05) is 40.2 Å². The van der Waals surface area contributed by atoms with Crippen LogP contribution in [-0.2, 0) is 32.7 Å². The van der Waals surface area contributed by atoms with Gasteiger partial charge in [0.25, 0.3) is 7.82 Å². The van der Waals surface area contributed by atoms with E-state index in [4.69, 9.17) is 18.5 Å². The number of carbonyl (C=O) groups is 2. The third kappa shape index (κ3) is 29.2. The number of rotatable bonds is 24. The molecule has 0 aliphatic rings. The fourth-order valence-electron chi connectivity index (χ4n) is 3.19. The Morgan fingerprint density at radius 2 is 1.41 bits per heavy atom. The lowest BCUT2D eigenvalue weighted by Crippen LogP contribution is -2.37. The fraction of sp³-hybridized carbons (Fsp3) is 0.667. The molecule has 0 saturated carbocycles. The minimum atomic E-state index is -4.59. The van der Waals surface area contributed by atoms with E-state index >= 15 is 0 Å². The van der Waals surface area contributed by atoms with Crippen LogP contribution in [0.4, 0.5) is 0 Å². The molecule has 0 rings (SSSR count). The molecule has 0 saturated heterocycles. The predicted octanol–water partition coefficient (Wildman–Crippen LogP) is 4.79. The summed E-state index contributed by atoms with van der Waals surface area (Å²) in [6.07, 6.45) is 22.5. The smallest absolute Gasteiger partial charge is 0.305 e. The zero-order valence-electron chi connectivity index (χ0n) is 25.6. The molecule has 41 heavy (non-hydrogen) atoms. The third-order valence-corrected chi connectivity index (χ3v) is 6.38. The summed E-state index contributed by atoms with van der Waals surface area (Å²) in [5.74, 6) is -1.12. The first-order valence-corrected chi connectivity index (χ1v) is 15.8. The van der Waals surface area contributed by atoms with Crippen molar-refractivity contribution in [3.63, 3.8) is 0 Å². The first-order valence-electron chi connectivity index (χ1n) is 14.3. The molecule has 0 aliphatic carbocycles. The molecule has 10 nitrogen and oxygen atoms in total. The van der Waals surface area contributed by atoms with Gasteiger partial charge in [-0.2, -0.15) is 0 Å². The predicted molar refractivity (Wildman–Crippen MR) is 159 cm³/mol. The van der Waals surface area contributed by atoms with Gasteiger partial charge in [0.2, 0.25) is 0 Å². The van der Waals surface area contributed by atoms with Crippen molar-refractivity contribution in [1.82, 2.24) is 0 Å². The van der Waals surface area contributed by atoms with Crippen molar-refractivity contribution in [2.75, 3.05) is 47.5 Å². The Bertz CT molecular complexity index is 876. The Morgan fingerprint density at radius 3 is 1.93 bits per heavy atom. The van der Waals surface area contributed by atoms with Crippen molar-refractivity contribution in [3.8, 4) is 0 Å². The number of carbonyl (C=O) groups excluding carboxylic acids is 2. The van der Waals surface area contributed by atoms with Crippen LogP contribution in [0.2, 0.25) is 0 Å². The summed E-state index contributed by atoms with van der Waals surface area (Å²) in [5, 5.41) is 9.21. The van der Waals surface area contributed by atoms with Gasteiger partial charge in [-0.25, -0.2) is 0 Å². The second kappa shape index (κ2) is 23.5. The minimum absolute atomic E-state index is 0.0502. The van der Waals surface area contributed by atoms with Crippen molar-refractivity contribution in [2.45, 2.75) is 83.8 Å². The minimum Gasteiger partial charge on any atom is -0.756 e. The molecule has 11 heteroatoms. The molecule has 0 fully saturated rings. The Kier molecular flexibility index (Phi) is 22.3. The Labute approximate surface area is 246 Å². The number of hydrogen-bond acceptors (Lipinski definition) is 9. The van der Waals surface area contributed by atoms with Crippen LogP contribution in [0.5, 0.6) is 0 Å². The summed E-state index contributed by atoms with van der Waals surface area (Å²) >= 11 is 0. The highest BCUT2D eigenvalue weighted by atomic mass is 31.2. The average molecular weight is 602 g/mol. The monoisotopic (exact) mass is 601 g/mol. The molecule has 0 bridgehead atoms. The molecule has 0 radical (unpaired) electrons. The lowest BCUT2D eigenvalue weighted by molar-refractivity contribution is -0.870. The molecular weight excluding hydrogens is 549 g/mol. The van der Waals surface area contributed by atoms with Gasteiger partial charge in [0, 0.05) is 13.3 Å². The molecule has 0 aromatic carbocycles. The van der Waals surface area contributed by atoms with E-state index in [0.29, 0.717) is 23.9 Å². The van der Waals surface area contributed by atoms with Gasteiger partial charge in [0.15, 0.2) is 6.10 Å². The fourth-order valence-corrected chi connectivity index (χ4v) is 3.92. The number of hydrogen-bond donors (Lipinski definition) is 1. The molecule has 236 valence electrons. The van der Waals surface area contributed by atoms with Gasteiger partial charge in [-0.15, -0.1) is 0 Å². The number of unbranched alkanes of at least 4 members (excludes halogenated alkanes) is 2. The SMILES string of the molecule is CC(=O)O[C@H](COC(=O)CCC/C=C\C/C=C\C/C=C\C/C=C\CCC[C@@H](C)O)COP(=O)([O-])OCC[N+](C)(C)C. The summed E-state index contributed by atoms with van der Waals surface area (Å²) in [4.78, 5) is 35.3. The van der Waals surface area contributed by atoms with Gasteiger partial charge < -0.3 is 33.0 Å². The molecule has 0 amide bonds. The van der Waals surface area contributed by atoms with E-state index in [0.717, 1.165) is 38.5 Å². The number of aliphatic hydroxyl groups is 1. The first kappa shape index (κ1) is 38.9. The number of ether oxygens (including phenoxy) is 2. The first-order chi connectivity index (χ1) is 19.3. The van der Waals surface area contributed by atoms with Gasteiger partial charge in [0.05, 0.1) is 33.9 Å². The molecule has 3 atom stereocenters. The molecule has 0 spiro atoms. The summed E-state index contributed by atoms with van der Waals surface area (Å²) in [6, 6.07) is 0. The molecule has 0 aliphatic heterocycles. The number of phosphoric acid groups is 1. The van der Waals surface area contributed by atoms with Crippen molar-refractivity contribution >= 4 is 19.8 Å². The molecule has 0 aromatic heterocycles. The standard InChI is InChI=1S/C30H52NO9P/c1-27(32)21-19-17-15-13-11-9-7-6-8-10-12-14-16-18-20-22-30(34)37-25-29(40-28(2)33)26-39-41(35,36)38-24-23-31(3,4)5/h7-10,13-16,27,29,32H,6,11-12,17-26H2,1-5H3/b9-7-,10-8-,15-13-,16-14-/t27-,29-/m1/s1. The number of quaternary nitrogens is 1. The zero-order chi connectivity index (χ0) is 31.0. The summed E-state index contributed by atoms with van der Waals surface area (Å²) in [7, 11) is 1.09. The van der Waals surface area contributed by atoms with Crippen LogP contribution >= 0.6 is 7.82 Å². The van der Waals surface area contributed by atoms with Gasteiger partial charge >= 0.3 is 11.9 Å². The third-order valence-electron chi connectivity index (χ3n) is 5.42. The van der Waals surface area contributed by atoms with Crippen LogP contribution in [-0.4, -0.2) is 81.2 Å². The lowest BCUT2D eigenvalue weighted by atomic mass is 10.1. The topological polar surface area (TPSA) is 131 Å². The number of allylic oxidation sites excluding steroid dienone is 8. The highest BCUT2D eigenvalue weighted by Gasteiger charge is 2.20. The quantitative estimate of drug-likeness (QED) is 0.0546. The highest BCUT2D eigenvalue weighted by Crippen LogP contribution is 2.38. The van der Waals surface area contributed by atoms with E-state index in [9.17, 15) is 24.2 Å². The molecular formula is C30H52NO9P. The van der Waals surface area contributed by atoms with Crippen LogP contribution in [0.3, 0.4) is 0 Å². The zero-order valence-corrected chi connectivity index (χ0v) is 26.5. The maximum absolute atomic E-state index is 12.0. The molecule has 0 heterocycles. The average Bonchev–Trinajstić information content (AvgIpc) is 2.86. The van der Waals surface area contributed by atoms with Gasteiger partial charge in [0.1, 0.15) is 19.8 Å². The van der Waals surface area contributed by atoms with Gasteiger partial charge in [-0.3, -0.25) is 14.2 Å². The Balaban J connectivity index is 4.07. The van der Waals surface area contributed by atoms with Crippen LogP contribution in [0, 0.1) is 0 Å². The van der Waals surface area contributed by atoms with E-state index in [1.54, 1.807) is 0 Å².